The summed E-state index contributed by atoms with van der Waals surface area (Å²) in [5.41, 5.74) is -0.502. The van der Waals surface area contributed by atoms with Crippen molar-refractivity contribution >= 4 is 11.8 Å². The van der Waals surface area contributed by atoms with Crippen molar-refractivity contribution in [2.45, 2.75) is 19.4 Å². The smallest absolute Gasteiger partial charge is 0.358 e. The number of ether oxygens (including phenoxy) is 1. The van der Waals surface area contributed by atoms with E-state index in [4.69, 9.17) is 0 Å². The van der Waals surface area contributed by atoms with Crippen molar-refractivity contribution in [3.8, 4) is 0 Å². The number of hydrogen-bond donors (Lipinski definition) is 1. The fourth-order valence-electron chi connectivity index (χ4n) is 1.85. The predicted molar refractivity (Wildman–Crippen MR) is 65.4 cm³/mol. The molecule has 0 bridgehead atoms. The molecule has 1 aliphatic heterocycles. The van der Waals surface area contributed by atoms with Gasteiger partial charge in [-0.25, -0.2) is 9.78 Å². The molecule has 0 unspecified atom stereocenters. The molecular formula is C12H17N3O3. The van der Waals surface area contributed by atoms with Crippen LogP contribution in [-0.4, -0.2) is 46.8 Å². The fraction of sp³-hybridized carbons (Fsp3) is 0.583. The first-order valence-corrected chi connectivity index (χ1v) is 5.84. The third kappa shape index (κ3) is 2.15. The second-order valence-corrected chi connectivity index (χ2v) is 4.87. The Bertz CT molecular complexity index is 456. The molecule has 6 heteroatoms. The van der Waals surface area contributed by atoms with Crippen LogP contribution in [0.15, 0.2) is 12.4 Å². The van der Waals surface area contributed by atoms with E-state index < -0.39 is 11.6 Å². The number of esters is 1. The van der Waals surface area contributed by atoms with Gasteiger partial charge >= 0.3 is 5.97 Å². The number of nitrogens with zero attached hydrogens (tertiary/aromatic N) is 3. The van der Waals surface area contributed by atoms with Gasteiger partial charge in [-0.15, -0.1) is 0 Å². The first kappa shape index (κ1) is 12.8. The largest absolute Gasteiger partial charge is 0.464 e. The Kier molecular flexibility index (Phi) is 3.21. The van der Waals surface area contributed by atoms with Gasteiger partial charge in [-0.3, -0.25) is 4.98 Å². The van der Waals surface area contributed by atoms with E-state index >= 15 is 0 Å². The molecule has 18 heavy (non-hydrogen) atoms. The summed E-state index contributed by atoms with van der Waals surface area (Å²) in [5, 5.41) is 10.2. The third-order valence-electron chi connectivity index (χ3n) is 3.34. The minimum atomic E-state index is -0.678. The molecule has 0 radical (unpaired) electrons. The second-order valence-electron chi connectivity index (χ2n) is 4.87. The van der Waals surface area contributed by atoms with Crippen LogP contribution in [-0.2, 0) is 4.74 Å². The number of carbonyl (C=O) groups excluding carboxylic acids is 1. The van der Waals surface area contributed by atoms with Crippen molar-refractivity contribution in [3.63, 3.8) is 0 Å². The number of aliphatic hydroxyl groups is 1. The summed E-state index contributed by atoms with van der Waals surface area (Å²) in [6.07, 6.45) is 2.94. The van der Waals surface area contributed by atoms with Crippen molar-refractivity contribution in [2.24, 2.45) is 5.92 Å². The normalized spacial score (nSPS) is 17.5. The summed E-state index contributed by atoms with van der Waals surface area (Å²) < 4.78 is 4.59. The molecule has 1 aromatic rings. The summed E-state index contributed by atoms with van der Waals surface area (Å²) in [6, 6.07) is 0. The highest BCUT2D eigenvalue weighted by atomic mass is 16.5. The Labute approximate surface area is 106 Å². The molecule has 1 aromatic heterocycles. The Morgan fingerprint density at radius 2 is 2.17 bits per heavy atom. The SMILES string of the molecule is COC(=O)c1cncc(N2CC(O)(C(C)C)C2)n1. The molecule has 2 rings (SSSR count). The second kappa shape index (κ2) is 4.53. The average Bonchev–Trinajstić information content (AvgIpc) is 2.33. The van der Waals surface area contributed by atoms with Gasteiger partial charge < -0.3 is 14.7 Å². The number of carbonyl (C=O) groups is 1. The maximum atomic E-state index is 11.3. The molecule has 1 aliphatic rings. The molecule has 0 saturated carbocycles. The van der Waals surface area contributed by atoms with Gasteiger partial charge in [0.05, 0.1) is 32.6 Å². The molecule has 1 fully saturated rings. The van der Waals surface area contributed by atoms with Crippen molar-refractivity contribution in [2.75, 3.05) is 25.1 Å². The highest BCUT2D eigenvalue weighted by Crippen LogP contribution is 2.31. The van der Waals surface area contributed by atoms with Crippen molar-refractivity contribution < 1.29 is 14.6 Å². The summed E-state index contributed by atoms with van der Waals surface area (Å²) in [4.78, 5) is 21.4. The molecule has 0 aliphatic carbocycles. The molecule has 1 saturated heterocycles. The van der Waals surface area contributed by atoms with Gasteiger partial charge in [0.2, 0.25) is 0 Å². The first-order chi connectivity index (χ1) is 8.46. The van der Waals surface area contributed by atoms with Crippen molar-refractivity contribution in [1.82, 2.24) is 9.97 Å². The van der Waals surface area contributed by atoms with Crippen molar-refractivity contribution in [1.29, 1.82) is 0 Å². The van der Waals surface area contributed by atoms with E-state index in [0.29, 0.717) is 18.9 Å². The molecule has 0 spiro atoms. The monoisotopic (exact) mass is 251 g/mol. The Morgan fingerprint density at radius 1 is 1.50 bits per heavy atom. The number of methoxy groups -OCH3 is 1. The zero-order valence-corrected chi connectivity index (χ0v) is 10.8. The van der Waals surface area contributed by atoms with Gasteiger partial charge in [0.15, 0.2) is 5.69 Å². The molecule has 0 atom stereocenters. The number of anilines is 1. The van der Waals surface area contributed by atoms with Crippen LogP contribution in [0, 0.1) is 5.92 Å². The van der Waals surface area contributed by atoms with Gasteiger partial charge in [0.1, 0.15) is 11.4 Å². The van der Waals surface area contributed by atoms with Crippen LogP contribution in [0.25, 0.3) is 0 Å². The van der Waals surface area contributed by atoms with E-state index in [-0.39, 0.29) is 11.6 Å². The maximum Gasteiger partial charge on any atom is 0.358 e. The van der Waals surface area contributed by atoms with Crippen LogP contribution < -0.4 is 4.90 Å². The zero-order chi connectivity index (χ0) is 13.3. The quantitative estimate of drug-likeness (QED) is 0.787. The van der Waals surface area contributed by atoms with Crippen LogP contribution in [0.5, 0.6) is 0 Å². The molecule has 2 heterocycles. The zero-order valence-electron chi connectivity index (χ0n) is 10.8. The minimum Gasteiger partial charge on any atom is -0.464 e. The average molecular weight is 251 g/mol. The molecule has 1 N–H and O–H groups in total. The van der Waals surface area contributed by atoms with Crippen LogP contribution in [0.3, 0.4) is 0 Å². The predicted octanol–water partition coefficient (Wildman–Crippen LogP) is 0.470. The minimum absolute atomic E-state index is 0.176. The molecule has 6 nitrogen and oxygen atoms in total. The van der Waals surface area contributed by atoms with Gasteiger partial charge in [-0.1, -0.05) is 13.8 Å². The lowest BCUT2D eigenvalue weighted by atomic mass is 9.83. The molecule has 0 amide bonds. The molecular weight excluding hydrogens is 234 g/mol. The lowest BCUT2D eigenvalue weighted by molar-refractivity contribution is -0.0304. The number of rotatable bonds is 3. The maximum absolute atomic E-state index is 11.3. The van der Waals surface area contributed by atoms with E-state index in [1.165, 1.54) is 13.3 Å². The number of β-amino-alcohol motifs (C(OH)–C–C–N with tert-alkyl or cyclic N) is 1. The van der Waals surface area contributed by atoms with E-state index in [2.05, 4.69) is 14.7 Å². The number of aromatic nitrogens is 2. The van der Waals surface area contributed by atoms with Crippen LogP contribution in [0.4, 0.5) is 5.82 Å². The van der Waals surface area contributed by atoms with E-state index in [1.54, 1.807) is 6.20 Å². The summed E-state index contributed by atoms with van der Waals surface area (Å²) in [6.45, 7) is 4.97. The highest BCUT2D eigenvalue weighted by Gasteiger charge is 2.44. The van der Waals surface area contributed by atoms with Crippen LogP contribution in [0.2, 0.25) is 0 Å². The van der Waals surface area contributed by atoms with Crippen LogP contribution >= 0.6 is 0 Å². The summed E-state index contributed by atoms with van der Waals surface area (Å²) in [7, 11) is 1.30. The Morgan fingerprint density at radius 3 is 2.72 bits per heavy atom. The summed E-state index contributed by atoms with van der Waals surface area (Å²) >= 11 is 0. The third-order valence-corrected chi connectivity index (χ3v) is 3.34. The van der Waals surface area contributed by atoms with E-state index in [1.807, 2.05) is 18.7 Å². The summed E-state index contributed by atoms with van der Waals surface area (Å²) in [5.74, 6) is 0.262. The first-order valence-electron chi connectivity index (χ1n) is 5.84. The van der Waals surface area contributed by atoms with E-state index in [9.17, 15) is 9.90 Å². The Balaban J connectivity index is 2.10. The topological polar surface area (TPSA) is 75.5 Å². The molecule has 0 aromatic carbocycles. The highest BCUT2D eigenvalue weighted by molar-refractivity contribution is 5.87. The standard InChI is InChI=1S/C12H17N3O3/c1-8(2)12(17)6-15(7-12)10-5-13-4-9(14-10)11(16)18-3/h4-5,8,17H,6-7H2,1-3H3. The number of hydrogen-bond acceptors (Lipinski definition) is 6. The van der Waals surface area contributed by atoms with Crippen LogP contribution in [0.1, 0.15) is 24.3 Å². The van der Waals surface area contributed by atoms with Crippen molar-refractivity contribution in [3.05, 3.63) is 18.1 Å². The van der Waals surface area contributed by atoms with Gasteiger partial charge in [-0.2, -0.15) is 0 Å². The van der Waals surface area contributed by atoms with Gasteiger partial charge in [0, 0.05) is 0 Å². The fourth-order valence-corrected chi connectivity index (χ4v) is 1.85. The lowest BCUT2D eigenvalue weighted by Crippen LogP contribution is -2.65. The molecule has 98 valence electrons. The van der Waals surface area contributed by atoms with Gasteiger partial charge in [-0.05, 0) is 5.92 Å². The van der Waals surface area contributed by atoms with Gasteiger partial charge in [0.25, 0.3) is 0 Å². The van der Waals surface area contributed by atoms with E-state index in [0.717, 1.165) is 0 Å². The lowest BCUT2D eigenvalue weighted by Gasteiger charge is -2.49. The Hall–Kier alpha value is -1.69.